The molecule has 0 aromatic rings. The van der Waals surface area contributed by atoms with Crippen molar-refractivity contribution < 1.29 is 15.0 Å². The summed E-state index contributed by atoms with van der Waals surface area (Å²) in [6.45, 7) is 1.71. The molecule has 13 heavy (non-hydrogen) atoms. The van der Waals surface area contributed by atoms with Crippen LogP contribution in [0.15, 0.2) is 0 Å². The highest BCUT2D eigenvalue weighted by Gasteiger charge is 2.39. The average Bonchev–Trinajstić information content (AvgIpc) is 2.44. The van der Waals surface area contributed by atoms with E-state index < -0.39 is 5.54 Å². The summed E-state index contributed by atoms with van der Waals surface area (Å²) >= 11 is 4.19. The Kier molecular flexibility index (Phi) is 3.21. The summed E-state index contributed by atoms with van der Waals surface area (Å²) in [5.74, 6) is -0.0504. The third-order valence-electron chi connectivity index (χ3n) is 2.44. The number of carbonyl (C=O) groups is 1. The second-order valence-corrected chi connectivity index (χ2v) is 4.41. The lowest BCUT2D eigenvalue weighted by molar-refractivity contribution is -0.136. The van der Waals surface area contributed by atoms with Crippen molar-refractivity contribution in [2.75, 3.05) is 19.8 Å². The predicted molar refractivity (Wildman–Crippen MR) is 51.7 cm³/mol. The van der Waals surface area contributed by atoms with Crippen LogP contribution in [0, 0.1) is 0 Å². The van der Waals surface area contributed by atoms with E-state index in [-0.39, 0.29) is 24.4 Å². The molecule has 1 amide bonds. The second-order valence-electron chi connectivity index (χ2n) is 3.68. The summed E-state index contributed by atoms with van der Waals surface area (Å²) in [7, 11) is 0. The number of nitrogens with zero attached hydrogens (tertiary/aromatic N) is 1. The maximum atomic E-state index is 11.4. The summed E-state index contributed by atoms with van der Waals surface area (Å²) in [4.78, 5) is 12.9. The fourth-order valence-electron chi connectivity index (χ4n) is 1.43. The summed E-state index contributed by atoms with van der Waals surface area (Å²) in [5, 5.41) is 18.2. The highest BCUT2D eigenvalue weighted by molar-refractivity contribution is 7.81. The lowest BCUT2D eigenvalue weighted by Gasteiger charge is -2.35. The molecule has 1 saturated heterocycles. The minimum atomic E-state index is -0.839. The number of hydrogen-bond acceptors (Lipinski definition) is 4. The molecule has 0 radical (unpaired) electrons. The average molecular weight is 205 g/mol. The fourth-order valence-corrected chi connectivity index (χ4v) is 1.75. The Morgan fingerprint density at radius 1 is 1.62 bits per heavy atom. The molecular formula is C8H15NO3S. The smallest absolute Gasteiger partial charge is 0.224 e. The van der Waals surface area contributed by atoms with Gasteiger partial charge in [-0.1, -0.05) is 0 Å². The van der Waals surface area contributed by atoms with Gasteiger partial charge in [0, 0.05) is 18.2 Å². The summed E-state index contributed by atoms with van der Waals surface area (Å²) in [6.07, 6.45) is 0.388. The quantitative estimate of drug-likeness (QED) is 0.532. The van der Waals surface area contributed by atoms with Crippen LogP contribution < -0.4 is 0 Å². The summed E-state index contributed by atoms with van der Waals surface area (Å²) < 4.78 is 0. The minimum absolute atomic E-state index is 0.0184. The van der Waals surface area contributed by atoms with E-state index in [1.54, 1.807) is 6.92 Å². The van der Waals surface area contributed by atoms with Crippen LogP contribution >= 0.6 is 12.6 Å². The van der Waals surface area contributed by atoms with Crippen LogP contribution in [-0.2, 0) is 4.79 Å². The van der Waals surface area contributed by atoms with Gasteiger partial charge in [-0.2, -0.15) is 12.6 Å². The number of thiol groups is 1. The highest BCUT2D eigenvalue weighted by Crippen LogP contribution is 2.24. The summed E-state index contributed by atoms with van der Waals surface area (Å²) in [6, 6.07) is 0. The third-order valence-corrected chi connectivity index (χ3v) is 2.78. The van der Waals surface area contributed by atoms with E-state index in [0.29, 0.717) is 13.0 Å². The Morgan fingerprint density at radius 3 is 2.46 bits per heavy atom. The number of hydrogen-bond donors (Lipinski definition) is 3. The first kappa shape index (κ1) is 10.8. The van der Waals surface area contributed by atoms with Gasteiger partial charge in [0.1, 0.15) is 0 Å². The topological polar surface area (TPSA) is 60.8 Å². The molecule has 0 bridgehead atoms. The van der Waals surface area contributed by atoms with Crippen LogP contribution in [0.5, 0.6) is 0 Å². The van der Waals surface area contributed by atoms with Crippen molar-refractivity contribution in [1.82, 2.24) is 4.90 Å². The van der Waals surface area contributed by atoms with Crippen molar-refractivity contribution in [1.29, 1.82) is 0 Å². The Hall–Kier alpha value is -0.260. The summed E-state index contributed by atoms with van der Waals surface area (Å²) in [5.41, 5.74) is -0.839. The lowest BCUT2D eigenvalue weighted by Crippen LogP contribution is -2.52. The van der Waals surface area contributed by atoms with Gasteiger partial charge < -0.3 is 15.1 Å². The van der Waals surface area contributed by atoms with Crippen molar-refractivity contribution in [3.05, 3.63) is 0 Å². The fraction of sp³-hybridized carbons (Fsp3) is 0.875. The van der Waals surface area contributed by atoms with Crippen molar-refractivity contribution >= 4 is 18.5 Å². The molecule has 76 valence electrons. The maximum absolute atomic E-state index is 11.4. The molecule has 1 atom stereocenters. The Balaban J connectivity index is 2.75. The van der Waals surface area contributed by atoms with Crippen LogP contribution in [0.25, 0.3) is 0 Å². The van der Waals surface area contributed by atoms with Crippen LogP contribution in [-0.4, -0.2) is 51.6 Å². The number of carbonyl (C=O) groups excluding carboxylic acids is 1. The van der Waals surface area contributed by atoms with E-state index in [9.17, 15) is 4.79 Å². The molecule has 1 aliphatic rings. The highest BCUT2D eigenvalue weighted by atomic mass is 32.1. The van der Waals surface area contributed by atoms with E-state index in [1.165, 1.54) is 4.90 Å². The second kappa shape index (κ2) is 3.86. The molecule has 1 fully saturated rings. The molecule has 0 aromatic heterocycles. The van der Waals surface area contributed by atoms with Crippen molar-refractivity contribution in [2.24, 2.45) is 0 Å². The number of aliphatic hydroxyl groups excluding tert-OH is 2. The Labute approximate surface area is 83.0 Å². The van der Waals surface area contributed by atoms with Gasteiger partial charge in [0.25, 0.3) is 0 Å². The number of amides is 1. The van der Waals surface area contributed by atoms with Crippen molar-refractivity contribution in [2.45, 2.75) is 24.1 Å². The molecule has 4 nitrogen and oxygen atoms in total. The standard InChI is InChI=1S/C8H15NO3S/c1-8(4-10,5-11)9-3-6(13)2-7(9)12/h6,10-11,13H,2-5H2,1H3. The molecule has 0 saturated carbocycles. The van der Waals surface area contributed by atoms with E-state index >= 15 is 0 Å². The normalized spacial score (nSPS) is 24.2. The zero-order chi connectivity index (χ0) is 10.1. The number of aliphatic hydroxyl groups is 2. The lowest BCUT2D eigenvalue weighted by atomic mass is 10.0. The molecule has 5 heteroatoms. The van der Waals surface area contributed by atoms with Gasteiger partial charge in [0.15, 0.2) is 0 Å². The zero-order valence-electron chi connectivity index (χ0n) is 7.60. The Bertz CT molecular complexity index is 206. The van der Waals surface area contributed by atoms with E-state index in [4.69, 9.17) is 10.2 Å². The van der Waals surface area contributed by atoms with E-state index in [2.05, 4.69) is 12.6 Å². The van der Waals surface area contributed by atoms with Gasteiger partial charge in [0.2, 0.25) is 5.91 Å². The zero-order valence-corrected chi connectivity index (χ0v) is 8.50. The first-order valence-corrected chi connectivity index (χ1v) is 4.75. The van der Waals surface area contributed by atoms with Gasteiger partial charge in [-0.15, -0.1) is 0 Å². The molecule has 0 spiro atoms. The van der Waals surface area contributed by atoms with Crippen molar-refractivity contribution in [3.8, 4) is 0 Å². The molecule has 1 aliphatic heterocycles. The first-order valence-electron chi connectivity index (χ1n) is 4.24. The van der Waals surface area contributed by atoms with Crippen LogP contribution in [0.2, 0.25) is 0 Å². The van der Waals surface area contributed by atoms with E-state index in [1.807, 2.05) is 0 Å². The maximum Gasteiger partial charge on any atom is 0.224 e. The number of likely N-dealkylation sites (tertiary alicyclic amines) is 1. The van der Waals surface area contributed by atoms with Gasteiger partial charge in [-0.25, -0.2) is 0 Å². The molecule has 1 heterocycles. The molecule has 0 aliphatic carbocycles. The molecular weight excluding hydrogens is 190 g/mol. The monoisotopic (exact) mass is 205 g/mol. The third kappa shape index (κ3) is 1.98. The molecule has 1 unspecified atom stereocenters. The van der Waals surface area contributed by atoms with Crippen molar-refractivity contribution in [3.63, 3.8) is 0 Å². The molecule has 1 rings (SSSR count). The number of rotatable bonds is 3. The SMILES string of the molecule is CC(CO)(CO)N1CC(S)CC1=O. The van der Waals surface area contributed by atoms with E-state index in [0.717, 1.165) is 0 Å². The van der Waals surface area contributed by atoms with Crippen LogP contribution in [0.1, 0.15) is 13.3 Å². The van der Waals surface area contributed by atoms with Gasteiger partial charge in [0.05, 0.1) is 18.8 Å². The molecule has 0 aromatic carbocycles. The molecule has 2 N–H and O–H groups in total. The largest absolute Gasteiger partial charge is 0.394 e. The van der Waals surface area contributed by atoms with Gasteiger partial charge in [-0.3, -0.25) is 4.79 Å². The minimum Gasteiger partial charge on any atom is -0.394 e. The predicted octanol–water partition coefficient (Wildman–Crippen LogP) is -0.740. The first-order chi connectivity index (χ1) is 6.03. The van der Waals surface area contributed by atoms with Gasteiger partial charge in [-0.05, 0) is 6.92 Å². The van der Waals surface area contributed by atoms with Crippen LogP contribution in [0.4, 0.5) is 0 Å². The Morgan fingerprint density at radius 2 is 2.15 bits per heavy atom. The van der Waals surface area contributed by atoms with Gasteiger partial charge >= 0.3 is 0 Å². The van der Waals surface area contributed by atoms with Crippen LogP contribution in [0.3, 0.4) is 0 Å².